The second kappa shape index (κ2) is 8.63. The minimum Gasteiger partial charge on any atom is -0.388 e. The van der Waals surface area contributed by atoms with Crippen LogP contribution in [0.15, 0.2) is 24.4 Å². The first-order valence-corrected chi connectivity index (χ1v) is 9.17. The van der Waals surface area contributed by atoms with Crippen LogP contribution in [0.2, 0.25) is 0 Å². The van der Waals surface area contributed by atoms with Crippen LogP contribution in [0.25, 0.3) is 0 Å². The maximum Gasteiger partial charge on any atom is 0.315 e. The monoisotopic (exact) mass is 348 g/mol. The lowest BCUT2D eigenvalue weighted by Crippen LogP contribution is -2.54. The van der Waals surface area contributed by atoms with Crippen molar-refractivity contribution in [3.8, 4) is 0 Å². The molecule has 1 aliphatic rings. The number of hydrogen-bond acceptors (Lipinski definition) is 4. The van der Waals surface area contributed by atoms with Crippen LogP contribution in [0.3, 0.4) is 0 Å². The molecular formula is C19H32N4O2. The molecule has 2 rings (SSSR count). The van der Waals surface area contributed by atoms with Gasteiger partial charge in [-0.25, -0.2) is 4.79 Å². The Hall–Kier alpha value is -1.66. The highest BCUT2D eigenvalue weighted by atomic mass is 16.3. The van der Waals surface area contributed by atoms with Crippen molar-refractivity contribution in [3.05, 3.63) is 30.1 Å². The number of nitrogens with zero attached hydrogens (tertiary/aromatic N) is 2. The van der Waals surface area contributed by atoms with Crippen molar-refractivity contribution in [1.29, 1.82) is 0 Å². The van der Waals surface area contributed by atoms with E-state index in [9.17, 15) is 9.90 Å². The highest BCUT2D eigenvalue weighted by molar-refractivity contribution is 5.74. The van der Waals surface area contributed by atoms with Crippen LogP contribution in [0.4, 0.5) is 4.79 Å². The molecule has 2 heterocycles. The molecule has 2 amide bonds. The summed E-state index contributed by atoms with van der Waals surface area (Å²) in [6.07, 6.45) is 2.74. The maximum absolute atomic E-state index is 12.1. The zero-order valence-electron chi connectivity index (χ0n) is 15.8. The van der Waals surface area contributed by atoms with Crippen LogP contribution in [-0.2, 0) is 6.54 Å². The summed E-state index contributed by atoms with van der Waals surface area (Å²) in [5, 5.41) is 16.1. The molecule has 1 aromatic heterocycles. The molecular weight excluding hydrogens is 316 g/mol. The Kier molecular flexibility index (Phi) is 6.79. The van der Waals surface area contributed by atoms with E-state index in [2.05, 4.69) is 27.4 Å². The summed E-state index contributed by atoms with van der Waals surface area (Å²) in [6.45, 7) is 10.8. The van der Waals surface area contributed by atoms with Crippen LogP contribution < -0.4 is 10.6 Å². The number of likely N-dealkylation sites (tertiary alicyclic amines) is 1. The van der Waals surface area contributed by atoms with Gasteiger partial charge in [-0.05, 0) is 37.3 Å². The van der Waals surface area contributed by atoms with Crippen molar-refractivity contribution in [2.24, 2.45) is 11.8 Å². The number of amides is 2. The largest absolute Gasteiger partial charge is 0.388 e. The number of nitrogens with one attached hydrogen (secondary N) is 2. The van der Waals surface area contributed by atoms with Crippen molar-refractivity contribution >= 4 is 6.03 Å². The van der Waals surface area contributed by atoms with E-state index in [1.807, 2.05) is 38.2 Å². The van der Waals surface area contributed by atoms with Gasteiger partial charge in [0.25, 0.3) is 0 Å². The molecule has 3 N–H and O–H groups in total. The van der Waals surface area contributed by atoms with E-state index in [0.29, 0.717) is 5.92 Å². The highest BCUT2D eigenvalue weighted by Gasteiger charge is 2.29. The van der Waals surface area contributed by atoms with Crippen LogP contribution in [-0.4, -0.2) is 52.3 Å². The molecule has 0 aromatic carbocycles. The van der Waals surface area contributed by atoms with E-state index in [1.165, 1.54) is 0 Å². The maximum atomic E-state index is 12.1. The van der Waals surface area contributed by atoms with Crippen LogP contribution >= 0.6 is 0 Å². The van der Waals surface area contributed by atoms with E-state index < -0.39 is 5.60 Å². The number of urea groups is 1. The van der Waals surface area contributed by atoms with E-state index in [4.69, 9.17) is 0 Å². The molecule has 0 spiro atoms. The van der Waals surface area contributed by atoms with Crippen molar-refractivity contribution in [3.63, 3.8) is 0 Å². The smallest absolute Gasteiger partial charge is 0.315 e. The standard InChI is InChI=1S/C19H32N4O2/c1-14(2)19(4,25)13-21-18(24)22-17-8-10-23(11-15(17)3)12-16-7-5-6-9-20-16/h5-7,9,14-15,17,25H,8,10-13H2,1-4H3,(H2,21,22,24). The number of aliphatic hydroxyl groups is 1. The fourth-order valence-corrected chi connectivity index (χ4v) is 2.99. The van der Waals surface area contributed by atoms with Gasteiger partial charge in [-0.1, -0.05) is 26.8 Å². The zero-order valence-corrected chi connectivity index (χ0v) is 15.8. The number of rotatable bonds is 6. The number of hydrogen-bond donors (Lipinski definition) is 3. The fraction of sp³-hybridized carbons (Fsp3) is 0.684. The number of pyridine rings is 1. The lowest BCUT2D eigenvalue weighted by atomic mass is 9.92. The molecule has 1 fully saturated rings. The van der Waals surface area contributed by atoms with Gasteiger partial charge in [0.2, 0.25) is 0 Å². The summed E-state index contributed by atoms with van der Waals surface area (Å²) in [4.78, 5) is 18.9. The van der Waals surface area contributed by atoms with E-state index >= 15 is 0 Å². The second-order valence-corrected chi connectivity index (χ2v) is 7.77. The third-order valence-electron chi connectivity index (χ3n) is 5.27. The number of carbonyl (C=O) groups excluding carboxylic acids is 1. The normalized spacial score (nSPS) is 23.9. The van der Waals surface area contributed by atoms with Gasteiger partial charge >= 0.3 is 6.03 Å². The second-order valence-electron chi connectivity index (χ2n) is 7.77. The lowest BCUT2D eigenvalue weighted by Gasteiger charge is -2.37. The zero-order chi connectivity index (χ0) is 18.4. The Labute approximate surface area is 151 Å². The van der Waals surface area contributed by atoms with E-state index in [-0.39, 0.29) is 24.5 Å². The molecule has 0 bridgehead atoms. The first-order valence-electron chi connectivity index (χ1n) is 9.17. The van der Waals surface area contributed by atoms with Gasteiger partial charge in [-0.15, -0.1) is 0 Å². The van der Waals surface area contributed by atoms with Crippen molar-refractivity contribution in [2.75, 3.05) is 19.6 Å². The first-order chi connectivity index (χ1) is 11.8. The van der Waals surface area contributed by atoms with Crippen LogP contribution in [0.5, 0.6) is 0 Å². The predicted molar refractivity (Wildman–Crippen MR) is 99.1 cm³/mol. The molecule has 3 atom stereocenters. The van der Waals surface area contributed by atoms with Gasteiger partial charge in [0.1, 0.15) is 0 Å². The molecule has 1 aromatic rings. The summed E-state index contributed by atoms with van der Waals surface area (Å²) in [6, 6.07) is 5.94. The summed E-state index contributed by atoms with van der Waals surface area (Å²) in [7, 11) is 0. The minimum atomic E-state index is -0.894. The number of piperidine rings is 1. The molecule has 1 saturated heterocycles. The van der Waals surface area contributed by atoms with E-state index in [1.54, 1.807) is 6.92 Å². The Morgan fingerprint density at radius 2 is 2.24 bits per heavy atom. The molecule has 6 heteroatoms. The van der Waals surface area contributed by atoms with Crippen LogP contribution in [0, 0.1) is 11.8 Å². The van der Waals surface area contributed by atoms with Crippen molar-refractivity contribution < 1.29 is 9.90 Å². The quantitative estimate of drug-likeness (QED) is 0.735. The summed E-state index contributed by atoms with van der Waals surface area (Å²) in [5.41, 5.74) is 0.185. The fourth-order valence-electron chi connectivity index (χ4n) is 2.99. The molecule has 0 radical (unpaired) electrons. The highest BCUT2D eigenvalue weighted by Crippen LogP contribution is 2.19. The molecule has 1 aliphatic heterocycles. The topological polar surface area (TPSA) is 77.5 Å². The Morgan fingerprint density at radius 3 is 2.84 bits per heavy atom. The van der Waals surface area contributed by atoms with Gasteiger partial charge in [0.15, 0.2) is 0 Å². The molecule has 3 unspecified atom stereocenters. The van der Waals surface area contributed by atoms with Crippen molar-refractivity contribution in [1.82, 2.24) is 20.5 Å². The summed E-state index contributed by atoms with van der Waals surface area (Å²) in [5.74, 6) is 0.454. The summed E-state index contributed by atoms with van der Waals surface area (Å²) < 4.78 is 0. The van der Waals surface area contributed by atoms with E-state index in [0.717, 1.165) is 31.7 Å². The molecule has 0 saturated carbocycles. The Balaban J connectivity index is 1.76. The lowest BCUT2D eigenvalue weighted by molar-refractivity contribution is 0.0163. The van der Waals surface area contributed by atoms with Gasteiger partial charge in [-0.2, -0.15) is 0 Å². The van der Waals surface area contributed by atoms with Crippen molar-refractivity contribution in [2.45, 2.75) is 52.3 Å². The minimum absolute atomic E-state index is 0.0848. The van der Waals surface area contributed by atoms with Crippen LogP contribution in [0.1, 0.15) is 39.8 Å². The predicted octanol–water partition coefficient (Wildman–Crippen LogP) is 2.00. The SMILES string of the molecule is CC1CN(Cc2ccccn2)CCC1NC(=O)NCC(C)(O)C(C)C. The number of carbonyl (C=O) groups is 1. The number of aromatic nitrogens is 1. The Morgan fingerprint density at radius 1 is 1.48 bits per heavy atom. The molecule has 140 valence electrons. The average Bonchev–Trinajstić information content (AvgIpc) is 2.56. The third-order valence-corrected chi connectivity index (χ3v) is 5.27. The molecule has 6 nitrogen and oxygen atoms in total. The van der Waals surface area contributed by atoms with Gasteiger partial charge in [0.05, 0.1) is 11.3 Å². The third kappa shape index (κ3) is 5.97. The molecule has 25 heavy (non-hydrogen) atoms. The first kappa shape index (κ1) is 19.7. The summed E-state index contributed by atoms with van der Waals surface area (Å²) >= 11 is 0. The van der Waals surface area contributed by atoms with Gasteiger partial charge in [-0.3, -0.25) is 9.88 Å². The van der Waals surface area contributed by atoms with Gasteiger partial charge < -0.3 is 15.7 Å². The Bertz CT molecular complexity index is 548. The van der Waals surface area contributed by atoms with Gasteiger partial charge in [0, 0.05) is 38.4 Å². The average molecular weight is 348 g/mol. The molecule has 0 aliphatic carbocycles.